The van der Waals surface area contributed by atoms with Crippen molar-refractivity contribution in [2.24, 2.45) is 0 Å². The zero-order valence-electron chi connectivity index (χ0n) is 11.7. The Kier molecular flexibility index (Phi) is 6.15. The first-order valence-electron chi connectivity index (χ1n) is 6.88. The molecule has 21 heavy (non-hydrogen) atoms. The van der Waals surface area contributed by atoms with E-state index in [2.05, 4.69) is 33.2 Å². The van der Waals surface area contributed by atoms with Gasteiger partial charge in [0.1, 0.15) is 5.82 Å². The quantitative estimate of drug-likeness (QED) is 0.779. The van der Waals surface area contributed by atoms with Gasteiger partial charge in [0.15, 0.2) is 0 Å². The van der Waals surface area contributed by atoms with E-state index in [1.807, 2.05) is 6.07 Å². The lowest BCUT2D eigenvalue weighted by Crippen LogP contribution is -2.25. The van der Waals surface area contributed by atoms with Gasteiger partial charge in [-0.25, -0.2) is 4.39 Å². The highest BCUT2D eigenvalue weighted by Crippen LogP contribution is 2.28. The van der Waals surface area contributed by atoms with E-state index in [1.54, 1.807) is 24.5 Å². The van der Waals surface area contributed by atoms with E-state index < -0.39 is 0 Å². The molecule has 0 aliphatic carbocycles. The summed E-state index contributed by atoms with van der Waals surface area (Å²) in [7, 11) is 0. The van der Waals surface area contributed by atoms with Crippen LogP contribution in [0.15, 0.2) is 41.1 Å². The first-order chi connectivity index (χ1) is 10.1. The molecule has 1 aromatic carbocycles. The molecule has 0 aliphatic heterocycles. The van der Waals surface area contributed by atoms with Gasteiger partial charge in [0.2, 0.25) is 0 Å². The highest BCUT2D eigenvalue weighted by Gasteiger charge is 2.19. The molecule has 1 atom stereocenters. The number of hydrogen-bond donors (Lipinski definition) is 1. The number of nitrogens with zero attached hydrogens (tertiary/aromatic N) is 1. The molecule has 1 N–H and O–H groups in total. The van der Waals surface area contributed by atoms with E-state index in [-0.39, 0.29) is 11.9 Å². The summed E-state index contributed by atoms with van der Waals surface area (Å²) in [5, 5.41) is 3.82. The second kappa shape index (κ2) is 7.87. The summed E-state index contributed by atoms with van der Waals surface area (Å²) in [6.07, 6.45) is 5.13. The minimum absolute atomic E-state index is 0.172. The zero-order valence-corrected chi connectivity index (χ0v) is 14.1. The molecule has 2 aromatic rings. The lowest BCUT2D eigenvalue weighted by atomic mass is 9.99. The van der Waals surface area contributed by atoms with Crippen LogP contribution in [-0.2, 0) is 6.42 Å². The second-order valence-corrected chi connectivity index (χ2v) is 6.18. The molecule has 0 saturated carbocycles. The van der Waals surface area contributed by atoms with Crippen molar-refractivity contribution in [2.75, 3.05) is 6.54 Å². The molecule has 1 aromatic heterocycles. The van der Waals surface area contributed by atoms with Crippen LogP contribution in [0.4, 0.5) is 4.39 Å². The maximum atomic E-state index is 14.2. The Bertz CT molecular complexity index is 586. The smallest absolute Gasteiger partial charge is 0.129 e. The van der Waals surface area contributed by atoms with Crippen LogP contribution in [0.25, 0.3) is 0 Å². The van der Waals surface area contributed by atoms with E-state index in [9.17, 15) is 4.39 Å². The molecule has 1 unspecified atom stereocenters. The lowest BCUT2D eigenvalue weighted by Gasteiger charge is -2.21. The summed E-state index contributed by atoms with van der Waals surface area (Å²) in [5.74, 6) is -0.279. The standard InChI is InChI=1S/C16H17BrClFN2/c1-2-6-21-15(8-11-7-12(17)10-20-9-11)16-13(18)4-3-5-14(16)19/h3-5,7,9-10,15,21H,2,6,8H2,1H3. The van der Waals surface area contributed by atoms with Crippen molar-refractivity contribution in [3.05, 3.63) is 63.1 Å². The van der Waals surface area contributed by atoms with Crippen LogP contribution in [0.2, 0.25) is 5.02 Å². The minimum Gasteiger partial charge on any atom is -0.310 e. The van der Waals surface area contributed by atoms with E-state index >= 15 is 0 Å². The Balaban J connectivity index is 2.30. The first-order valence-corrected chi connectivity index (χ1v) is 8.05. The summed E-state index contributed by atoms with van der Waals surface area (Å²) in [6.45, 7) is 2.88. The van der Waals surface area contributed by atoms with Gasteiger partial charge in [-0.1, -0.05) is 24.6 Å². The molecule has 0 amide bonds. The van der Waals surface area contributed by atoms with Crippen molar-refractivity contribution in [3.63, 3.8) is 0 Å². The Morgan fingerprint density at radius 3 is 2.86 bits per heavy atom. The maximum absolute atomic E-state index is 14.2. The molecule has 5 heteroatoms. The third-order valence-electron chi connectivity index (χ3n) is 3.19. The molecule has 1 heterocycles. The van der Waals surface area contributed by atoms with E-state index in [0.717, 1.165) is 23.0 Å². The van der Waals surface area contributed by atoms with Gasteiger partial charge in [-0.2, -0.15) is 0 Å². The molecule has 112 valence electrons. The van der Waals surface area contributed by atoms with Gasteiger partial charge >= 0.3 is 0 Å². The Morgan fingerprint density at radius 1 is 1.38 bits per heavy atom. The van der Waals surface area contributed by atoms with Crippen molar-refractivity contribution in [1.82, 2.24) is 10.3 Å². The highest BCUT2D eigenvalue weighted by molar-refractivity contribution is 9.10. The number of pyridine rings is 1. The van der Waals surface area contributed by atoms with E-state index in [4.69, 9.17) is 11.6 Å². The predicted octanol–water partition coefficient (Wildman–Crippen LogP) is 4.92. The summed E-state index contributed by atoms with van der Waals surface area (Å²) in [4.78, 5) is 4.15. The number of rotatable bonds is 6. The van der Waals surface area contributed by atoms with Crippen molar-refractivity contribution in [3.8, 4) is 0 Å². The molecular weight excluding hydrogens is 355 g/mol. The number of benzene rings is 1. The van der Waals surface area contributed by atoms with Crippen LogP contribution in [0.1, 0.15) is 30.5 Å². The summed E-state index contributed by atoms with van der Waals surface area (Å²) >= 11 is 9.60. The molecule has 0 bridgehead atoms. The fourth-order valence-electron chi connectivity index (χ4n) is 2.24. The molecule has 2 nitrogen and oxygen atoms in total. The van der Waals surface area contributed by atoms with Crippen LogP contribution in [0.5, 0.6) is 0 Å². The highest BCUT2D eigenvalue weighted by atomic mass is 79.9. The molecule has 0 radical (unpaired) electrons. The average molecular weight is 372 g/mol. The van der Waals surface area contributed by atoms with Crippen molar-refractivity contribution >= 4 is 27.5 Å². The van der Waals surface area contributed by atoms with Crippen molar-refractivity contribution in [1.29, 1.82) is 0 Å². The maximum Gasteiger partial charge on any atom is 0.129 e. The summed E-state index contributed by atoms with van der Waals surface area (Å²) < 4.78 is 15.1. The van der Waals surface area contributed by atoms with Gasteiger partial charge in [-0.05, 0) is 59.1 Å². The Labute approximate surface area is 137 Å². The number of nitrogens with one attached hydrogen (secondary N) is 1. The van der Waals surface area contributed by atoms with Gasteiger partial charge in [0.25, 0.3) is 0 Å². The zero-order chi connectivity index (χ0) is 15.2. The monoisotopic (exact) mass is 370 g/mol. The Hall–Kier alpha value is -0.970. The van der Waals surface area contributed by atoms with Gasteiger partial charge in [-0.3, -0.25) is 4.98 Å². The fraction of sp³-hybridized carbons (Fsp3) is 0.312. The average Bonchev–Trinajstić information content (AvgIpc) is 2.44. The topological polar surface area (TPSA) is 24.9 Å². The molecule has 0 aliphatic rings. The fourth-order valence-corrected chi connectivity index (χ4v) is 2.95. The third-order valence-corrected chi connectivity index (χ3v) is 3.95. The molecule has 2 rings (SSSR count). The van der Waals surface area contributed by atoms with Crippen LogP contribution in [0.3, 0.4) is 0 Å². The minimum atomic E-state index is -0.279. The van der Waals surface area contributed by atoms with Crippen LogP contribution in [0, 0.1) is 5.82 Å². The molecule has 0 spiro atoms. The van der Waals surface area contributed by atoms with Gasteiger partial charge in [0, 0.05) is 33.5 Å². The number of aromatic nitrogens is 1. The SMILES string of the molecule is CCCNC(Cc1cncc(Br)c1)c1c(F)cccc1Cl. The van der Waals surface area contributed by atoms with Gasteiger partial charge < -0.3 is 5.32 Å². The van der Waals surface area contributed by atoms with Crippen molar-refractivity contribution in [2.45, 2.75) is 25.8 Å². The number of hydrogen-bond acceptors (Lipinski definition) is 2. The first kappa shape index (κ1) is 16.4. The van der Waals surface area contributed by atoms with Crippen molar-refractivity contribution < 1.29 is 4.39 Å². The molecule has 0 fully saturated rings. The number of halogens is 3. The summed E-state index contributed by atoms with van der Waals surface area (Å²) in [6, 6.07) is 6.61. The second-order valence-electron chi connectivity index (χ2n) is 4.86. The van der Waals surface area contributed by atoms with Crippen LogP contribution in [-0.4, -0.2) is 11.5 Å². The Morgan fingerprint density at radius 2 is 2.19 bits per heavy atom. The lowest BCUT2D eigenvalue weighted by molar-refractivity contribution is 0.497. The van der Waals surface area contributed by atoms with E-state index in [0.29, 0.717) is 17.0 Å². The van der Waals surface area contributed by atoms with Crippen LogP contribution < -0.4 is 5.32 Å². The predicted molar refractivity (Wildman–Crippen MR) is 88.1 cm³/mol. The molecule has 0 saturated heterocycles. The van der Waals surface area contributed by atoms with Gasteiger partial charge in [-0.15, -0.1) is 0 Å². The summed E-state index contributed by atoms with van der Waals surface area (Å²) in [5.41, 5.74) is 1.55. The van der Waals surface area contributed by atoms with Crippen LogP contribution >= 0.6 is 27.5 Å². The normalized spacial score (nSPS) is 12.4. The van der Waals surface area contributed by atoms with Gasteiger partial charge in [0.05, 0.1) is 0 Å². The molecular formula is C16H17BrClFN2. The third kappa shape index (κ3) is 4.50. The van der Waals surface area contributed by atoms with E-state index in [1.165, 1.54) is 6.07 Å². The largest absolute Gasteiger partial charge is 0.310 e.